The molecule has 2 rings (SSSR count). The Balaban J connectivity index is 2.24. The Morgan fingerprint density at radius 1 is 1.19 bits per heavy atom. The van der Waals surface area contributed by atoms with Gasteiger partial charge in [0, 0.05) is 30.9 Å². The van der Waals surface area contributed by atoms with Gasteiger partial charge >= 0.3 is 0 Å². The van der Waals surface area contributed by atoms with Crippen LogP contribution in [0.4, 0.5) is 5.69 Å². The van der Waals surface area contributed by atoms with Gasteiger partial charge in [0.1, 0.15) is 0 Å². The molecule has 16 heavy (non-hydrogen) atoms. The Morgan fingerprint density at radius 3 is 2.25 bits per heavy atom. The molecule has 1 aliphatic rings. The lowest BCUT2D eigenvalue weighted by Gasteiger charge is -2.41. The fourth-order valence-electron chi connectivity index (χ4n) is 2.35. The number of anilines is 1. The van der Waals surface area contributed by atoms with Crippen molar-refractivity contribution in [2.45, 2.75) is 25.9 Å². The lowest BCUT2D eigenvalue weighted by molar-refractivity contribution is 0.432. The lowest BCUT2D eigenvalue weighted by atomic mass is 10.1. The average molecular weight is 215 g/mol. The molecule has 0 amide bonds. The summed E-state index contributed by atoms with van der Waals surface area (Å²) >= 11 is 0. The highest BCUT2D eigenvalue weighted by atomic mass is 15.2. The number of rotatable bonds is 1. The molecule has 0 aromatic heterocycles. The van der Waals surface area contributed by atoms with Crippen LogP contribution in [0, 0.1) is 11.3 Å². The van der Waals surface area contributed by atoms with Crippen LogP contribution in [0.15, 0.2) is 24.3 Å². The Hall–Kier alpha value is -1.53. The highest BCUT2D eigenvalue weighted by molar-refractivity contribution is 5.51. The van der Waals surface area contributed by atoms with Gasteiger partial charge in [-0.1, -0.05) is 0 Å². The third-order valence-corrected chi connectivity index (χ3v) is 3.12. The SMILES string of the molecule is C[C@@H]1CNC[C@H](C)N1c1ccc(C#N)cc1. The smallest absolute Gasteiger partial charge is 0.0991 e. The molecule has 0 bridgehead atoms. The molecule has 0 radical (unpaired) electrons. The van der Waals surface area contributed by atoms with E-state index in [4.69, 9.17) is 5.26 Å². The van der Waals surface area contributed by atoms with Crippen molar-refractivity contribution in [2.75, 3.05) is 18.0 Å². The van der Waals surface area contributed by atoms with Crippen LogP contribution in [0.5, 0.6) is 0 Å². The molecule has 2 atom stereocenters. The fraction of sp³-hybridized carbons (Fsp3) is 0.462. The van der Waals surface area contributed by atoms with Crippen LogP contribution in [-0.4, -0.2) is 25.2 Å². The van der Waals surface area contributed by atoms with Gasteiger partial charge in [-0.3, -0.25) is 0 Å². The number of nitrogens with one attached hydrogen (secondary N) is 1. The van der Waals surface area contributed by atoms with E-state index >= 15 is 0 Å². The normalized spacial score (nSPS) is 25.2. The van der Waals surface area contributed by atoms with E-state index in [9.17, 15) is 0 Å². The van der Waals surface area contributed by atoms with E-state index in [-0.39, 0.29) is 0 Å². The molecule has 84 valence electrons. The Morgan fingerprint density at radius 2 is 1.75 bits per heavy atom. The first-order valence-electron chi connectivity index (χ1n) is 5.71. The van der Waals surface area contributed by atoms with Gasteiger partial charge in [0.05, 0.1) is 11.6 Å². The van der Waals surface area contributed by atoms with Gasteiger partial charge in [-0.2, -0.15) is 5.26 Å². The van der Waals surface area contributed by atoms with Crippen molar-refractivity contribution in [3.05, 3.63) is 29.8 Å². The monoisotopic (exact) mass is 215 g/mol. The zero-order chi connectivity index (χ0) is 11.5. The van der Waals surface area contributed by atoms with Crippen molar-refractivity contribution in [3.63, 3.8) is 0 Å². The maximum atomic E-state index is 8.77. The van der Waals surface area contributed by atoms with E-state index in [2.05, 4.69) is 30.1 Å². The van der Waals surface area contributed by atoms with Crippen LogP contribution in [0.1, 0.15) is 19.4 Å². The summed E-state index contributed by atoms with van der Waals surface area (Å²) in [5.74, 6) is 0. The molecule has 1 aromatic rings. The maximum Gasteiger partial charge on any atom is 0.0991 e. The number of nitrogens with zero attached hydrogens (tertiary/aromatic N) is 2. The van der Waals surface area contributed by atoms with Crippen LogP contribution < -0.4 is 10.2 Å². The second-order valence-electron chi connectivity index (χ2n) is 4.42. The molecule has 1 aliphatic heterocycles. The quantitative estimate of drug-likeness (QED) is 0.775. The van der Waals surface area contributed by atoms with Crippen LogP contribution in [0.25, 0.3) is 0 Å². The van der Waals surface area contributed by atoms with Crippen molar-refractivity contribution < 1.29 is 0 Å². The largest absolute Gasteiger partial charge is 0.364 e. The van der Waals surface area contributed by atoms with Gasteiger partial charge < -0.3 is 10.2 Å². The van der Waals surface area contributed by atoms with Gasteiger partial charge in [-0.05, 0) is 38.1 Å². The van der Waals surface area contributed by atoms with Crippen LogP contribution in [-0.2, 0) is 0 Å². The van der Waals surface area contributed by atoms with Crippen molar-refractivity contribution >= 4 is 5.69 Å². The molecule has 0 unspecified atom stereocenters. The summed E-state index contributed by atoms with van der Waals surface area (Å²) < 4.78 is 0. The molecular formula is C13H17N3. The molecule has 1 saturated heterocycles. The summed E-state index contributed by atoms with van der Waals surface area (Å²) in [5, 5.41) is 12.2. The molecule has 3 heteroatoms. The second kappa shape index (κ2) is 4.54. The predicted octanol–water partition coefficient (Wildman–Crippen LogP) is 1.74. The van der Waals surface area contributed by atoms with Crippen LogP contribution in [0.3, 0.4) is 0 Å². The number of benzene rings is 1. The summed E-state index contributed by atoms with van der Waals surface area (Å²) in [6.45, 7) is 6.48. The highest BCUT2D eigenvalue weighted by Crippen LogP contribution is 2.22. The van der Waals surface area contributed by atoms with Gasteiger partial charge in [0.2, 0.25) is 0 Å². The summed E-state index contributed by atoms with van der Waals surface area (Å²) in [6.07, 6.45) is 0. The number of nitriles is 1. The standard InChI is InChI=1S/C13H17N3/c1-10-8-15-9-11(2)16(10)13-5-3-12(7-14)4-6-13/h3-6,10-11,15H,8-9H2,1-2H3/t10-,11+. The van der Waals surface area contributed by atoms with E-state index < -0.39 is 0 Å². The van der Waals surface area contributed by atoms with E-state index in [1.54, 1.807) is 0 Å². The van der Waals surface area contributed by atoms with Crippen LogP contribution in [0.2, 0.25) is 0 Å². The summed E-state index contributed by atoms with van der Waals surface area (Å²) in [4.78, 5) is 2.41. The lowest BCUT2D eigenvalue weighted by Crippen LogP contribution is -2.55. The molecule has 1 heterocycles. The Kier molecular flexibility index (Phi) is 3.12. The first kappa shape index (κ1) is 11.0. The van der Waals surface area contributed by atoms with Crippen LogP contribution >= 0.6 is 0 Å². The summed E-state index contributed by atoms with van der Waals surface area (Å²) in [6, 6.07) is 11.0. The van der Waals surface area contributed by atoms with Crippen molar-refractivity contribution in [2.24, 2.45) is 0 Å². The molecule has 0 saturated carbocycles. The molecule has 1 fully saturated rings. The van der Waals surface area contributed by atoms with E-state index in [1.807, 2.05) is 24.3 Å². The molecule has 3 nitrogen and oxygen atoms in total. The van der Waals surface area contributed by atoms with E-state index in [0.717, 1.165) is 18.7 Å². The van der Waals surface area contributed by atoms with E-state index in [1.165, 1.54) is 5.69 Å². The third kappa shape index (κ3) is 2.02. The number of hydrogen-bond donors (Lipinski definition) is 1. The molecular weight excluding hydrogens is 198 g/mol. The van der Waals surface area contributed by atoms with Gasteiger partial charge in [0.15, 0.2) is 0 Å². The average Bonchev–Trinajstić information content (AvgIpc) is 2.30. The second-order valence-corrected chi connectivity index (χ2v) is 4.42. The minimum Gasteiger partial charge on any atom is -0.364 e. The minimum absolute atomic E-state index is 0.497. The third-order valence-electron chi connectivity index (χ3n) is 3.12. The first-order chi connectivity index (χ1) is 7.72. The van der Waals surface area contributed by atoms with Gasteiger partial charge in [0.25, 0.3) is 0 Å². The van der Waals surface area contributed by atoms with Crippen molar-refractivity contribution in [1.82, 2.24) is 5.32 Å². The zero-order valence-corrected chi connectivity index (χ0v) is 9.77. The Labute approximate surface area is 96.7 Å². The Bertz CT molecular complexity index is 381. The van der Waals surface area contributed by atoms with Gasteiger partial charge in [-0.25, -0.2) is 0 Å². The molecule has 0 aliphatic carbocycles. The number of piperazine rings is 1. The fourth-order valence-corrected chi connectivity index (χ4v) is 2.35. The minimum atomic E-state index is 0.497. The van der Waals surface area contributed by atoms with Crippen molar-refractivity contribution in [3.8, 4) is 6.07 Å². The highest BCUT2D eigenvalue weighted by Gasteiger charge is 2.24. The molecule has 1 aromatic carbocycles. The van der Waals surface area contributed by atoms with E-state index in [0.29, 0.717) is 12.1 Å². The topological polar surface area (TPSA) is 39.1 Å². The summed E-state index contributed by atoms with van der Waals surface area (Å²) in [7, 11) is 0. The number of hydrogen-bond acceptors (Lipinski definition) is 3. The summed E-state index contributed by atoms with van der Waals surface area (Å²) in [5.41, 5.74) is 1.93. The maximum absolute atomic E-state index is 8.77. The molecule has 1 N–H and O–H groups in total. The van der Waals surface area contributed by atoms with Gasteiger partial charge in [-0.15, -0.1) is 0 Å². The zero-order valence-electron chi connectivity index (χ0n) is 9.77. The predicted molar refractivity (Wildman–Crippen MR) is 65.4 cm³/mol. The van der Waals surface area contributed by atoms with Crippen molar-refractivity contribution in [1.29, 1.82) is 5.26 Å². The molecule has 0 spiro atoms. The first-order valence-corrected chi connectivity index (χ1v) is 5.71.